The van der Waals surface area contributed by atoms with Crippen LogP contribution in [0.25, 0.3) is 0 Å². The number of nitrogens with one attached hydrogen (secondary N) is 1. The molecule has 0 saturated carbocycles. The van der Waals surface area contributed by atoms with E-state index in [1.54, 1.807) is 0 Å². The summed E-state index contributed by atoms with van der Waals surface area (Å²) in [6.45, 7) is 5.83. The minimum Gasteiger partial charge on any atom is -0.381 e. The Balaban J connectivity index is 1.27. The highest BCUT2D eigenvalue weighted by Crippen LogP contribution is 2.25. The SMILES string of the molecule is O=C(c1ccccc1CC1CCNC1)N1CCc2nc(C3CCOCC3)nn2CC1. The first-order valence-electron chi connectivity index (χ1n) is 11.4. The Morgan fingerprint density at radius 2 is 2.00 bits per heavy atom. The van der Waals surface area contributed by atoms with Gasteiger partial charge in [0, 0.05) is 44.2 Å². The molecule has 1 aromatic carbocycles. The molecule has 2 saturated heterocycles. The topological polar surface area (TPSA) is 72.3 Å². The standard InChI is InChI=1S/C23H31N5O2/c29-23(20-4-2-1-3-19(20)15-17-5-9-24-16-17)27-10-6-21-25-22(26-28(21)12-11-27)18-7-13-30-14-8-18/h1-4,17-18,24H,5-16H2. The van der Waals surface area contributed by atoms with Crippen LogP contribution < -0.4 is 5.32 Å². The lowest BCUT2D eigenvalue weighted by Crippen LogP contribution is -2.34. The normalized spacial score (nSPS) is 22.7. The lowest BCUT2D eigenvalue weighted by molar-refractivity contribution is 0.0755. The Bertz CT molecular complexity index is 858. The summed E-state index contributed by atoms with van der Waals surface area (Å²) in [6.07, 6.45) is 4.92. The number of benzene rings is 1. The summed E-state index contributed by atoms with van der Waals surface area (Å²) in [4.78, 5) is 20.2. The zero-order valence-corrected chi connectivity index (χ0v) is 17.6. The molecular formula is C23H31N5O2. The Kier molecular flexibility index (Phi) is 5.82. The maximum atomic E-state index is 13.4. The second-order valence-corrected chi connectivity index (χ2v) is 8.76. The molecule has 1 unspecified atom stereocenters. The number of hydrogen-bond acceptors (Lipinski definition) is 5. The first-order chi connectivity index (χ1) is 14.8. The zero-order chi connectivity index (χ0) is 20.3. The van der Waals surface area contributed by atoms with Crippen molar-refractivity contribution < 1.29 is 9.53 Å². The van der Waals surface area contributed by atoms with Crippen molar-refractivity contribution in [1.29, 1.82) is 0 Å². The number of hydrogen-bond donors (Lipinski definition) is 1. The van der Waals surface area contributed by atoms with Gasteiger partial charge in [-0.3, -0.25) is 4.79 Å². The Morgan fingerprint density at radius 1 is 1.13 bits per heavy atom. The van der Waals surface area contributed by atoms with Gasteiger partial charge >= 0.3 is 0 Å². The second kappa shape index (κ2) is 8.86. The fourth-order valence-electron chi connectivity index (χ4n) is 4.93. The van der Waals surface area contributed by atoms with Gasteiger partial charge in [0.15, 0.2) is 5.82 Å². The Hall–Kier alpha value is -2.25. The van der Waals surface area contributed by atoms with Crippen LogP contribution in [0, 0.1) is 5.92 Å². The second-order valence-electron chi connectivity index (χ2n) is 8.76. The van der Waals surface area contributed by atoms with Gasteiger partial charge in [-0.05, 0) is 56.3 Å². The molecule has 1 aromatic heterocycles. The van der Waals surface area contributed by atoms with E-state index < -0.39 is 0 Å². The van der Waals surface area contributed by atoms with Crippen molar-refractivity contribution in [3.63, 3.8) is 0 Å². The summed E-state index contributed by atoms with van der Waals surface area (Å²) in [5.74, 6) is 3.15. The number of ether oxygens (including phenoxy) is 1. The first-order valence-corrected chi connectivity index (χ1v) is 11.4. The summed E-state index contributed by atoms with van der Waals surface area (Å²) in [5, 5.41) is 8.22. The lowest BCUT2D eigenvalue weighted by Gasteiger charge is -2.22. The molecule has 160 valence electrons. The van der Waals surface area contributed by atoms with E-state index in [0.29, 0.717) is 31.5 Å². The van der Waals surface area contributed by atoms with E-state index in [1.165, 1.54) is 12.0 Å². The van der Waals surface area contributed by atoms with E-state index in [-0.39, 0.29) is 5.91 Å². The van der Waals surface area contributed by atoms with Crippen molar-refractivity contribution in [1.82, 2.24) is 25.0 Å². The molecule has 5 rings (SSSR count). The minimum atomic E-state index is 0.145. The fraction of sp³-hybridized carbons (Fsp3) is 0.609. The van der Waals surface area contributed by atoms with Gasteiger partial charge in [0.1, 0.15) is 5.82 Å². The van der Waals surface area contributed by atoms with E-state index in [0.717, 1.165) is 69.2 Å². The van der Waals surface area contributed by atoms with Crippen molar-refractivity contribution in [2.24, 2.45) is 5.92 Å². The number of aromatic nitrogens is 3. The highest BCUT2D eigenvalue weighted by atomic mass is 16.5. The molecule has 1 atom stereocenters. The maximum absolute atomic E-state index is 13.4. The molecule has 1 N–H and O–H groups in total. The molecule has 2 fully saturated rings. The van der Waals surface area contributed by atoms with E-state index >= 15 is 0 Å². The predicted octanol–water partition coefficient (Wildman–Crippen LogP) is 2.02. The Labute approximate surface area is 177 Å². The third-order valence-corrected chi connectivity index (χ3v) is 6.74. The summed E-state index contributed by atoms with van der Waals surface area (Å²) in [7, 11) is 0. The average molecular weight is 410 g/mol. The number of carbonyl (C=O) groups is 1. The van der Waals surface area contributed by atoms with Gasteiger partial charge in [0.2, 0.25) is 0 Å². The molecule has 3 aliphatic rings. The van der Waals surface area contributed by atoms with Crippen molar-refractivity contribution in [3.05, 3.63) is 47.0 Å². The molecule has 0 spiro atoms. The highest BCUT2D eigenvalue weighted by molar-refractivity contribution is 5.95. The van der Waals surface area contributed by atoms with Crippen LogP contribution >= 0.6 is 0 Å². The van der Waals surface area contributed by atoms with Crippen molar-refractivity contribution >= 4 is 5.91 Å². The summed E-state index contributed by atoms with van der Waals surface area (Å²) in [6, 6.07) is 8.14. The van der Waals surface area contributed by atoms with Crippen LogP contribution in [-0.4, -0.2) is 65.0 Å². The molecule has 3 aliphatic heterocycles. The molecule has 7 nitrogen and oxygen atoms in total. The van der Waals surface area contributed by atoms with Gasteiger partial charge in [-0.15, -0.1) is 0 Å². The summed E-state index contributed by atoms with van der Waals surface area (Å²) in [5.41, 5.74) is 2.04. The maximum Gasteiger partial charge on any atom is 0.254 e. The molecular weight excluding hydrogens is 378 g/mol. The van der Waals surface area contributed by atoms with Crippen molar-refractivity contribution in [2.75, 3.05) is 39.4 Å². The zero-order valence-electron chi connectivity index (χ0n) is 17.6. The number of amides is 1. The summed E-state index contributed by atoms with van der Waals surface area (Å²) >= 11 is 0. The third kappa shape index (κ3) is 4.14. The van der Waals surface area contributed by atoms with Crippen LogP contribution in [0.5, 0.6) is 0 Å². The van der Waals surface area contributed by atoms with Crippen LogP contribution in [0.1, 0.15) is 52.8 Å². The molecule has 30 heavy (non-hydrogen) atoms. The van der Waals surface area contributed by atoms with Gasteiger partial charge in [-0.25, -0.2) is 9.67 Å². The number of carbonyl (C=O) groups excluding carboxylic acids is 1. The smallest absolute Gasteiger partial charge is 0.254 e. The number of nitrogens with zero attached hydrogens (tertiary/aromatic N) is 4. The van der Waals surface area contributed by atoms with Gasteiger partial charge in [-0.2, -0.15) is 5.10 Å². The molecule has 0 radical (unpaired) electrons. The molecule has 0 bridgehead atoms. The van der Waals surface area contributed by atoms with E-state index in [1.807, 2.05) is 27.8 Å². The largest absolute Gasteiger partial charge is 0.381 e. The predicted molar refractivity (Wildman–Crippen MR) is 114 cm³/mol. The highest BCUT2D eigenvalue weighted by Gasteiger charge is 2.27. The van der Waals surface area contributed by atoms with Crippen molar-refractivity contribution in [2.45, 2.75) is 44.6 Å². The van der Waals surface area contributed by atoms with Crippen LogP contribution in [0.15, 0.2) is 24.3 Å². The average Bonchev–Trinajstić information content (AvgIpc) is 3.40. The summed E-state index contributed by atoms with van der Waals surface area (Å²) < 4.78 is 7.49. The monoisotopic (exact) mass is 409 g/mol. The van der Waals surface area contributed by atoms with Crippen LogP contribution in [0.3, 0.4) is 0 Å². The third-order valence-electron chi connectivity index (χ3n) is 6.74. The lowest BCUT2D eigenvalue weighted by atomic mass is 9.94. The van der Waals surface area contributed by atoms with E-state index in [4.69, 9.17) is 14.8 Å². The van der Waals surface area contributed by atoms with Crippen molar-refractivity contribution in [3.8, 4) is 0 Å². The molecule has 2 aromatic rings. The molecule has 7 heteroatoms. The van der Waals surface area contributed by atoms with Gasteiger partial charge < -0.3 is 15.0 Å². The minimum absolute atomic E-state index is 0.145. The molecule has 4 heterocycles. The van der Waals surface area contributed by atoms with Crippen LogP contribution in [-0.2, 0) is 24.1 Å². The number of fused-ring (bicyclic) bond motifs is 1. The number of rotatable bonds is 4. The van der Waals surface area contributed by atoms with Crippen LogP contribution in [0.4, 0.5) is 0 Å². The quantitative estimate of drug-likeness (QED) is 0.837. The van der Waals surface area contributed by atoms with E-state index in [9.17, 15) is 4.79 Å². The van der Waals surface area contributed by atoms with Gasteiger partial charge in [0.05, 0.1) is 6.54 Å². The Morgan fingerprint density at radius 3 is 2.83 bits per heavy atom. The van der Waals surface area contributed by atoms with Gasteiger partial charge in [0.25, 0.3) is 5.91 Å². The fourth-order valence-corrected chi connectivity index (χ4v) is 4.93. The molecule has 1 amide bonds. The molecule has 0 aliphatic carbocycles. The van der Waals surface area contributed by atoms with Crippen LogP contribution in [0.2, 0.25) is 0 Å². The van der Waals surface area contributed by atoms with Gasteiger partial charge in [-0.1, -0.05) is 18.2 Å². The van der Waals surface area contributed by atoms with E-state index in [2.05, 4.69) is 11.4 Å². The first kappa shape index (κ1) is 19.7.